The van der Waals surface area contributed by atoms with Crippen LogP contribution in [0.1, 0.15) is 93.4 Å². The van der Waals surface area contributed by atoms with Gasteiger partial charge in [-0.1, -0.05) is 40.2 Å². The lowest BCUT2D eigenvalue weighted by Crippen LogP contribution is -2.68. The van der Waals surface area contributed by atoms with Gasteiger partial charge >= 0.3 is 20.8 Å². The topological polar surface area (TPSA) is 465 Å². The summed E-state index contributed by atoms with van der Waals surface area (Å²) in [5.41, 5.74) is -0.405. The van der Waals surface area contributed by atoms with Crippen LogP contribution in [0.25, 0.3) is 0 Å². The maximum atomic E-state index is 14.8. The molecule has 12 N–H and O–H groups in total. The highest BCUT2D eigenvalue weighted by Crippen LogP contribution is 2.71. The van der Waals surface area contributed by atoms with Gasteiger partial charge in [0.2, 0.25) is 0 Å². The number of allylic oxidation sites excluding steroid dienone is 2. The highest BCUT2D eigenvalue weighted by atomic mass is 32.3. The van der Waals surface area contributed by atoms with Crippen LogP contribution in [-0.4, -0.2) is 270 Å². The number of hydrogen-bond acceptors (Lipinski definition) is 29. The van der Waals surface area contributed by atoms with Crippen LogP contribution in [0.2, 0.25) is 0 Å². The van der Waals surface area contributed by atoms with Crippen LogP contribution < -0.4 is 0 Å². The number of methoxy groups -OCH3 is 1. The molecule has 4 aliphatic carbocycles. The first kappa shape index (κ1) is 68.3. The van der Waals surface area contributed by atoms with E-state index < -0.39 is 216 Å². The van der Waals surface area contributed by atoms with Crippen molar-refractivity contribution in [2.75, 3.05) is 33.5 Å². The Labute approximate surface area is 496 Å². The lowest BCUT2D eigenvalue weighted by molar-refractivity contribution is -0.403. The highest BCUT2D eigenvalue weighted by Gasteiger charge is 2.67. The Kier molecular flexibility index (Phi) is 20.2. The van der Waals surface area contributed by atoms with Gasteiger partial charge in [0.15, 0.2) is 37.2 Å². The third-order valence-electron chi connectivity index (χ3n) is 20.4. The summed E-state index contributed by atoms with van der Waals surface area (Å²) >= 11 is 0. The molecule has 9 rings (SSSR count). The summed E-state index contributed by atoms with van der Waals surface area (Å²) in [5.74, 6) is -0.408. The molecule has 0 bridgehead atoms. The van der Waals surface area contributed by atoms with E-state index in [9.17, 15) is 86.6 Å². The molecule has 5 aliphatic heterocycles. The van der Waals surface area contributed by atoms with Crippen molar-refractivity contribution >= 4 is 32.4 Å². The van der Waals surface area contributed by atoms with E-state index in [4.69, 9.17) is 56.3 Å². The molecule has 0 radical (unpaired) electrons. The Morgan fingerprint density at radius 2 is 1.22 bits per heavy atom. The van der Waals surface area contributed by atoms with Crippen molar-refractivity contribution in [3.05, 3.63) is 11.1 Å². The normalized spacial score (nSPS) is 49.2. The van der Waals surface area contributed by atoms with E-state index in [1.165, 1.54) is 6.92 Å². The van der Waals surface area contributed by atoms with Crippen LogP contribution in [0.3, 0.4) is 0 Å². The second kappa shape index (κ2) is 25.5. The number of rotatable bonds is 18. The standard InChI is InChI=1S/C53H84O31S2/c1-20(55)22-9-14-53(7)31-23(10-13-52(22,53)6)51(5)12-11-30(50(3,4)29(51)15-24(31)56)79-48-43(35(61)28(18-74-48)84-86(69,70)71)83-49-44(82-45-36(62)32(58)25(57)17-73-45)37(63)40(21(2)76-49)80-47-39(65)42(34(60)27(78-47)19-75-85(66,67)68)81-46-38(64)41(72-8)33(59)26(16-54)77-46/h21-22,25-30,32-49,54,57-65H,9-19H2,1-8H3,(H,66,67,68)(H,69,70,71). The zero-order valence-corrected chi connectivity index (χ0v) is 50.4. The summed E-state index contributed by atoms with van der Waals surface area (Å²) in [4.78, 5) is 27.7. The molecule has 0 spiro atoms. The summed E-state index contributed by atoms with van der Waals surface area (Å²) in [5, 5.41) is 112. The Hall–Kier alpha value is -2.02. The van der Waals surface area contributed by atoms with Gasteiger partial charge in [-0.05, 0) is 74.5 Å². The SMILES string of the molecule is COC1C(O)C(CO)OC(OC2C(O)C(COS(=O)(=O)O)OC(OC3C(C)OC(OC4C(OC5CCC6(C)C7=C(C(=O)CC6C5(C)C)C5(C)CCC(C(C)=O)C5(C)CC7)OCC(OS(=O)(=O)O)C4O)C(OC4OCC(O)C(O)C4O)C3O)C2O)C1O. The highest BCUT2D eigenvalue weighted by molar-refractivity contribution is 7.81. The fraction of sp³-hybridized carbons (Fsp3) is 0.925. The number of ketones is 2. The molecule has 494 valence electrons. The second-order valence-corrected chi connectivity index (χ2v) is 27.8. The molecule has 31 nitrogen and oxygen atoms in total. The van der Waals surface area contributed by atoms with E-state index in [0.717, 1.165) is 18.3 Å². The van der Waals surface area contributed by atoms with Crippen LogP contribution in [0, 0.1) is 33.5 Å². The van der Waals surface area contributed by atoms with Crippen molar-refractivity contribution in [3.63, 3.8) is 0 Å². The third-order valence-corrected chi connectivity index (χ3v) is 21.3. The van der Waals surface area contributed by atoms with Gasteiger partial charge in [-0.25, -0.2) is 8.37 Å². The molecule has 5 saturated heterocycles. The molecule has 0 aromatic rings. The van der Waals surface area contributed by atoms with Crippen LogP contribution in [0.15, 0.2) is 11.1 Å². The summed E-state index contributed by atoms with van der Waals surface area (Å²) in [6.45, 7) is 9.77. The molecule has 0 amide bonds. The smallest absolute Gasteiger partial charge is 0.394 e. The van der Waals surface area contributed by atoms with Crippen LogP contribution in [-0.2, 0) is 90.9 Å². The lowest BCUT2D eigenvalue weighted by Gasteiger charge is -2.61. The Morgan fingerprint density at radius 3 is 1.85 bits per heavy atom. The first-order valence-corrected chi connectivity index (χ1v) is 31.5. The van der Waals surface area contributed by atoms with E-state index in [-0.39, 0.29) is 29.8 Å². The quantitative estimate of drug-likeness (QED) is 0.0595. The van der Waals surface area contributed by atoms with E-state index in [1.54, 1.807) is 6.92 Å². The number of hydrogen-bond donors (Lipinski definition) is 12. The third kappa shape index (κ3) is 12.7. The van der Waals surface area contributed by atoms with Crippen LogP contribution in [0.4, 0.5) is 0 Å². The fourth-order valence-corrected chi connectivity index (χ4v) is 16.3. The monoisotopic (exact) mass is 1280 g/mol. The first-order chi connectivity index (χ1) is 40.0. The molecular formula is C53H84O31S2. The van der Waals surface area contributed by atoms with Crippen molar-refractivity contribution in [3.8, 4) is 0 Å². The summed E-state index contributed by atoms with van der Waals surface area (Å²) in [6, 6.07) is 0. The average Bonchev–Trinajstić information content (AvgIpc) is 1.30. The number of carbonyl (C=O) groups is 2. The average molecular weight is 1280 g/mol. The molecule has 29 unspecified atom stereocenters. The largest absolute Gasteiger partial charge is 0.397 e. The van der Waals surface area contributed by atoms with E-state index in [2.05, 4.69) is 25.0 Å². The van der Waals surface area contributed by atoms with E-state index in [1.807, 2.05) is 13.8 Å². The number of aliphatic hydroxyl groups is 10. The zero-order valence-electron chi connectivity index (χ0n) is 48.7. The number of carbonyl (C=O) groups excluding carboxylic acids is 2. The summed E-state index contributed by atoms with van der Waals surface area (Å²) in [7, 11) is -9.45. The van der Waals surface area contributed by atoms with Crippen molar-refractivity contribution in [2.45, 2.75) is 241 Å². The molecule has 0 aromatic carbocycles. The van der Waals surface area contributed by atoms with Crippen molar-refractivity contribution < 1.29 is 147 Å². The Balaban J connectivity index is 1.00. The number of ether oxygens (including phenoxy) is 11. The van der Waals surface area contributed by atoms with Gasteiger partial charge < -0.3 is 103 Å². The molecule has 33 heteroatoms. The second-order valence-electron chi connectivity index (χ2n) is 25.6. The van der Waals surface area contributed by atoms with Crippen molar-refractivity contribution in [1.82, 2.24) is 0 Å². The molecule has 2 saturated carbocycles. The lowest BCUT2D eigenvalue weighted by atomic mass is 9.43. The molecule has 29 atom stereocenters. The molecular weight excluding hydrogens is 1200 g/mol. The minimum Gasteiger partial charge on any atom is -0.394 e. The van der Waals surface area contributed by atoms with Gasteiger partial charge in [-0.3, -0.25) is 18.7 Å². The molecule has 5 heterocycles. The minimum absolute atomic E-state index is 0.0108. The van der Waals surface area contributed by atoms with Gasteiger partial charge in [-0.15, -0.1) is 0 Å². The number of aliphatic hydroxyl groups excluding tert-OH is 10. The van der Waals surface area contributed by atoms with Gasteiger partial charge in [0.25, 0.3) is 0 Å². The Bertz CT molecular complexity index is 2700. The van der Waals surface area contributed by atoms with Crippen molar-refractivity contribution in [1.29, 1.82) is 0 Å². The van der Waals surface area contributed by atoms with Crippen molar-refractivity contribution in [2.24, 2.45) is 33.5 Å². The minimum atomic E-state index is -5.31. The predicted octanol–water partition coefficient (Wildman–Crippen LogP) is -3.40. The van der Waals surface area contributed by atoms with Gasteiger partial charge in [0.1, 0.15) is 110 Å². The number of fused-ring (bicyclic) bond motifs is 4. The van der Waals surface area contributed by atoms with E-state index in [0.29, 0.717) is 38.5 Å². The summed E-state index contributed by atoms with van der Waals surface area (Å²) < 4.78 is 142. The number of Topliss-reactive ketones (excluding diaryl/α,β-unsaturated/α-hetero) is 2. The molecule has 7 fully saturated rings. The Morgan fingerprint density at radius 1 is 0.628 bits per heavy atom. The first-order valence-electron chi connectivity index (χ1n) is 28.8. The van der Waals surface area contributed by atoms with Crippen LogP contribution >= 0.6 is 0 Å². The van der Waals surface area contributed by atoms with Gasteiger partial charge in [-0.2, -0.15) is 16.8 Å². The van der Waals surface area contributed by atoms with Gasteiger partial charge in [0, 0.05) is 30.4 Å². The summed E-state index contributed by atoms with van der Waals surface area (Å²) in [6.07, 6.45) is -40.7. The maximum Gasteiger partial charge on any atom is 0.397 e. The van der Waals surface area contributed by atoms with Gasteiger partial charge in [0.05, 0.1) is 38.6 Å². The molecule has 0 aromatic heterocycles. The van der Waals surface area contributed by atoms with E-state index >= 15 is 0 Å². The maximum absolute atomic E-state index is 14.8. The fourth-order valence-electron chi connectivity index (χ4n) is 15.5. The predicted molar refractivity (Wildman–Crippen MR) is 281 cm³/mol. The molecule has 9 aliphatic rings. The van der Waals surface area contributed by atoms with Crippen LogP contribution in [0.5, 0.6) is 0 Å². The zero-order chi connectivity index (χ0) is 63.3. The molecule has 86 heavy (non-hydrogen) atoms.